The summed E-state index contributed by atoms with van der Waals surface area (Å²) in [5.74, 6) is 0.574. The summed E-state index contributed by atoms with van der Waals surface area (Å²) in [5, 5.41) is 12.4. The van der Waals surface area contributed by atoms with Gasteiger partial charge in [-0.2, -0.15) is 0 Å². The fraction of sp³-hybridized carbons (Fsp3) is 0.500. The van der Waals surface area contributed by atoms with Gasteiger partial charge in [0.15, 0.2) is 0 Å². The lowest BCUT2D eigenvalue weighted by atomic mass is 9.93. The van der Waals surface area contributed by atoms with Gasteiger partial charge in [-0.25, -0.2) is 0 Å². The summed E-state index contributed by atoms with van der Waals surface area (Å²) in [6.07, 6.45) is 2.43. The highest BCUT2D eigenvalue weighted by Crippen LogP contribution is 2.38. The largest absolute Gasteiger partial charge is 0.493 e. The summed E-state index contributed by atoms with van der Waals surface area (Å²) >= 11 is 0. The Morgan fingerprint density at radius 3 is 2.94 bits per heavy atom. The first-order chi connectivity index (χ1) is 8.71. The maximum absolute atomic E-state index is 11.1. The van der Waals surface area contributed by atoms with E-state index in [1.807, 2.05) is 18.2 Å². The molecule has 0 spiro atoms. The summed E-state index contributed by atoms with van der Waals surface area (Å²) in [6, 6.07) is 8.02. The van der Waals surface area contributed by atoms with Crippen molar-refractivity contribution in [1.82, 2.24) is 5.32 Å². The topological polar surface area (TPSA) is 58.6 Å². The average Bonchev–Trinajstić information content (AvgIpc) is 3.17. The van der Waals surface area contributed by atoms with Gasteiger partial charge in [-0.3, -0.25) is 4.79 Å². The van der Waals surface area contributed by atoms with Gasteiger partial charge < -0.3 is 15.2 Å². The Balaban J connectivity index is 1.70. The van der Waals surface area contributed by atoms with Crippen LogP contribution in [0.4, 0.5) is 0 Å². The van der Waals surface area contributed by atoms with Crippen LogP contribution in [0.25, 0.3) is 0 Å². The molecule has 1 heterocycles. The second kappa shape index (κ2) is 4.28. The van der Waals surface area contributed by atoms with E-state index in [9.17, 15) is 4.79 Å². The van der Waals surface area contributed by atoms with Gasteiger partial charge in [-0.05, 0) is 30.9 Å². The lowest BCUT2D eigenvalue weighted by molar-refractivity contribution is -0.140. The third kappa shape index (κ3) is 1.97. The van der Waals surface area contributed by atoms with Gasteiger partial charge in [0.1, 0.15) is 11.3 Å². The molecule has 1 aliphatic heterocycles. The molecule has 1 aromatic carbocycles. The molecule has 0 radical (unpaired) electrons. The Kier molecular flexibility index (Phi) is 2.74. The third-order valence-electron chi connectivity index (χ3n) is 3.93. The molecule has 1 unspecified atom stereocenters. The molecule has 18 heavy (non-hydrogen) atoms. The fourth-order valence-corrected chi connectivity index (χ4v) is 2.54. The molecule has 1 aromatic rings. The number of fused-ring (bicyclic) bond motifs is 1. The number of carboxylic acid groups (broad SMARTS) is 1. The van der Waals surface area contributed by atoms with Crippen molar-refractivity contribution in [2.45, 2.75) is 30.7 Å². The number of ether oxygens (including phenoxy) is 1. The Morgan fingerprint density at radius 2 is 2.22 bits per heavy atom. The van der Waals surface area contributed by atoms with Crippen molar-refractivity contribution in [3.8, 4) is 5.75 Å². The van der Waals surface area contributed by atoms with Crippen LogP contribution in [0.3, 0.4) is 0 Å². The number of para-hydroxylation sites is 1. The molecule has 1 saturated carbocycles. The van der Waals surface area contributed by atoms with Gasteiger partial charge in [-0.15, -0.1) is 0 Å². The molecule has 96 valence electrons. The van der Waals surface area contributed by atoms with Crippen LogP contribution in [0.5, 0.6) is 5.75 Å². The summed E-state index contributed by atoms with van der Waals surface area (Å²) in [6.45, 7) is 1.43. The first kappa shape index (κ1) is 11.5. The van der Waals surface area contributed by atoms with E-state index in [0.717, 1.165) is 25.0 Å². The second-order valence-electron chi connectivity index (χ2n) is 5.14. The fourth-order valence-electron chi connectivity index (χ4n) is 2.54. The SMILES string of the molecule is O=C(O)C1(NCC2CCOc3ccccc32)CC1. The smallest absolute Gasteiger partial charge is 0.323 e. The van der Waals surface area contributed by atoms with Gasteiger partial charge in [0, 0.05) is 12.5 Å². The van der Waals surface area contributed by atoms with Crippen LogP contribution >= 0.6 is 0 Å². The first-order valence-electron chi connectivity index (χ1n) is 6.41. The van der Waals surface area contributed by atoms with Crippen LogP contribution in [-0.2, 0) is 4.79 Å². The molecule has 2 N–H and O–H groups in total. The Bertz CT molecular complexity index is 468. The van der Waals surface area contributed by atoms with E-state index in [1.54, 1.807) is 0 Å². The minimum absolute atomic E-state index is 0.353. The molecule has 0 saturated heterocycles. The molecular weight excluding hydrogens is 230 g/mol. The highest BCUT2D eigenvalue weighted by Gasteiger charge is 2.50. The third-order valence-corrected chi connectivity index (χ3v) is 3.93. The van der Waals surface area contributed by atoms with E-state index in [4.69, 9.17) is 9.84 Å². The number of carbonyl (C=O) groups is 1. The quantitative estimate of drug-likeness (QED) is 0.851. The van der Waals surface area contributed by atoms with Crippen LogP contribution in [-0.4, -0.2) is 29.8 Å². The number of nitrogens with one attached hydrogen (secondary N) is 1. The lowest BCUT2D eigenvalue weighted by Crippen LogP contribution is -2.41. The van der Waals surface area contributed by atoms with Gasteiger partial charge in [-0.1, -0.05) is 18.2 Å². The number of aliphatic carboxylic acids is 1. The van der Waals surface area contributed by atoms with Crippen molar-refractivity contribution in [3.63, 3.8) is 0 Å². The van der Waals surface area contributed by atoms with E-state index in [1.165, 1.54) is 5.56 Å². The van der Waals surface area contributed by atoms with E-state index in [-0.39, 0.29) is 0 Å². The Morgan fingerprint density at radius 1 is 1.44 bits per heavy atom. The van der Waals surface area contributed by atoms with Crippen LogP contribution in [0, 0.1) is 0 Å². The van der Waals surface area contributed by atoms with E-state index in [2.05, 4.69) is 11.4 Å². The normalized spacial score (nSPS) is 23.9. The highest BCUT2D eigenvalue weighted by atomic mass is 16.5. The molecule has 2 aliphatic rings. The number of hydrogen-bond acceptors (Lipinski definition) is 3. The van der Waals surface area contributed by atoms with Crippen LogP contribution in [0.15, 0.2) is 24.3 Å². The van der Waals surface area contributed by atoms with Gasteiger partial charge >= 0.3 is 5.97 Å². The standard InChI is InChI=1S/C14H17NO3/c16-13(17)14(6-7-14)15-9-10-5-8-18-12-4-2-1-3-11(10)12/h1-4,10,15H,5-9H2,(H,16,17). The molecule has 0 amide bonds. The van der Waals surface area contributed by atoms with Crippen molar-refractivity contribution < 1.29 is 14.6 Å². The van der Waals surface area contributed by atoms with E-state index < -0.39 is 11.5 Å². The van der Waals surface area contributed by atoms with Crippen molar-refractivity contribution in [1.29, 1.82) is 0 Å². The van der Waals surface area contributed by atoms with Gasteiger partial charge in [0.2, 0.25) is 0 Å². The van der Waals surface area contributed by atoms with Crippen molar-refractivity contribution in [2.24, 2.45) is 0 Å². The summed E-state index contributed by atoms with van der Waals surface area (Å²) in [4.78, 5) is 11.1. The lowest BCUT2D eigenvalue weighted by Gasteiger charge is -2.27. The summed E-state index contributed by atoms with van der Waals surface area (Å²) in [5.41, 5.74) is 0.546. The molecule has 0 aromatic heterocycles. The van der Waals surface area contributed by atoms with Gasteiger partial charge in [0.25, 0.3) is 0 Å². The van der Waals surface area contributed by atoms with E-state index in [0.29, 0.717) is 19.1 Å². The van der Waals surface area contributed by atoms with Crippen molar-refractivity contribution >= 4 is 5.97 Å². The van der Waals surface area contributed by atoms with Crippen molar-refractivity contribution in [2.75, 3.05) is 13.2 Å². The molecule has 1 fully saturated rings. The minimum atomic E-state index is -0.720. The molecule has 1 atom stereocenters. The Hall–Kier alpha value is -1.55. The highest BCUT2D eigenvalue weighted by molar-refractivity contribution is 5.82. The Labute approximate surface area is 106 Å². The predicted octanol–water partition coefficient (Wildman–Crippen LogP) is 1.76. The molecule has 0 bridgehead atoms. The predicted molar refractivity (Wildman–Crippen MR) is 66.9 cm³/mol. The molecule has 4 nitrogen and oxygen atoms in total. The zero-order valence-corrected chi connectivity index (χ0v) is 10.2. The van der Waals surface area contributed by atoms with Gasteiger partial charge in [0.05, 0.1) is 6.61 Å². The molecule has 3 rings (SSSR count). The minimum Gasteiger partial charge on any atom is -0.493 e. The molecular formula is C14H17NO3. The number of rotatable bonds is 4. The monoisotopic (exact) mass is 247 g/mol. The van der Waals surface area contributed by atoms with Crippen LogP contribution in [0.1, 0.15) is 30.7 Å². The number of hydrogen-bond donors (Lipinski definition) is 2. The summed E-state index contributed by atoms with van der Waals surface area (Å²) < 4.78 is 5.60. The average molecular weight is 247 g/mol. The maximum atomic E-state index is 11.1. The number of benzene rings is 1. The molecule has 4 heteroatoms. The van der Waals surface area contributed by atoms with Crippen LogP contribution < -0.4 is 10.1 Å². The van der Waals surface area contributed by atoms with Crippen LogP contribution in [0.2, 0.25) is 0 Å². The van der Waals surface area contributed by atoms with E-state index >= 15 is 0 Å². The summed E-state index contributed by atoms with van der Waals surface area (Å²) in [7, 11) is 0. The molecule has 1 aliphatic carbocycles. The first-order valence-corrected chi connectivity index (χ1v) is 6.41. The number of carboxylic acids is 1. The second-order valence-corrected chi connectivity index (χ2v) is 5.14. The maximum Gasteiger partial charge on any atom is 0.323 e. The van der Waals surface area contributed by atoms with Crippen molar-refractivity contribution in [3.05, 3.63) is 29.8 Å². The zero-order chi connectivity index (χ0) is 12.6. The zero-order valence-electron chi connectivity index (χ0n) is 10.2.